The molecule has 1 amide bonds. The normalized spacial score (nSPS) is 10.1. The Bertz CT molecular complexity index is 572. The average Bonchev–Trinajstić information content (AvgIpc) is 2.37. The van der Waals surface area contributed by atoms with Gasteiger partial charge in [0.15, 0.2) is 0 Å². The number of aromatic nitrogens is 1. The maximum atomic E-state index is 12.9. The Hall–Kier alpha value is -2.43. The highest BCUT2D eigenvalue weighted by atomic mass is 19.1. The lowest BCUT2D eigenvalue weighted by Crippen LogP contribution is -2.22. The van der Waals surface area contributed by atoms with Crippen molar-refractivity contribution >= 4 is 5.91 Å². The fraction of sp³-hybridized carbons (Fsp3) is 0.0769. The van der Waals surface area contributed by atoms with E-state index in [1.807, 2.05) is 0 Å². The molecule has 0 radical (unpaired) electrons. The summed E-state index contributed by atoms with van der Waals surface area (Å²) in [7, 11) is 0. The first-order chi connectivity index (χ1) is 8.66. The van der Waals surface area contributed by atoms with Gasteiger partial charge in [0.2, 0.25) is 0 Å². The van der Waals surface area contributed by atoms with Crippen LogP contribution in [0.15, 0.2) is 42.7 Å². The number of nitrogens with zero attached hydrogens (tertiary/aromatic N) is 1. The number of pyridine rings is 1. The minimum Gasteiger partial charge on any atom is -0.505 e. The van der Waals surface area contributed by atoms with E-state index in [1.54, 1.807) is 12.1 Å². The van der Waals surface area contributed by atoms with Crippen molar-refractivity contribution in [3.63, 3.8) is 0 Å². The van der Waals surface area contributed by atoms with E-state index in [-0.39, 0.29) is 23.7 Å². The zero-order valence-electron chi connectivity index (χ0n) is 9.43. The molecular formula is C13H11FN2O2. The van der Waals surface area contributed by atoms with Gasteiger partial charge in [0.05, 0.1) is 11.8 Å². The minimum absolute atomic E-state index is 0.140. The SMILES string of the molecule is O=C(NCc1cccc(F)c1)c1ccncc1O. The Morgan fingerprint density at radius 2 is 2.22 bits per heavy atom. The number of carbonyl (C=O) groups is 1. The number of amides is 1. The van der Waals surface area contributed by atoms with E-state index >= 15 is 0 Å². The van der Waals surface area contributed by atoms with Gasteiger partial charge in [0.1, 0.15) is 11.6 Å². The van der Waals surface area contributed by atoms with Crippen LogP contribution in [0.2, 0.25) is 0 Å². The van der Waals surface area contributed by atoms with Crippen LogP contribution in [-0.4, -0.2) is 16.0 Å². The molecule has 92 valence electrons. The van der Waals surface area contributed by atoms with Gasteiger partial charge in [0.25, 0.3) is 5.91 Å². The molecule has 5 heteroatoms. The van der Waals surface area contributed by atoms with Gasteiger partial charge in [-0.25, -0.2) is 4.39 Å². The Kier molecular flexibility index (Phi) is 3.52. The lowest BCUT2D eigenvalue weighted by molar-refractivity contribution is 0.0948. The van der Waals surface area contributed by atoms with Crippen LogP contribution in [0.25, 0.3) is 0 Å². The molecule has 0 atom stereocenters. The fourth-order valence-electron chi connectivity index (χ4n) is 1.50. The van der Waals surface area contributed by atoms with Crippen molar-refractivity contribution in [1.29, 1.82) is 0 Å². The Labute approximate surface area is 103 Å². The summed E-state index contributed by atoms with van der Waals surface area (Å²) in [5.74, 6) is -0.970. The molecule has 0 saturated carbocycles. The van der Waals surface area contributed by atoms with Crippen molar-refractivity contribution in [2.24, 2.45) is 0 Å². The van der Waals surface area contributed by atoms with Crippen LogP contribution < -0.4 is 5.32 Å². The number of benzene rings is 1. The molecular weight excluding hydrogens is 235 g/mol. The molecule has 0 spiro atoms. The van der Waals surface area contributed by atoms with Crippen molar-refractivity contribution in [1.82, 2.24) is 10.3 Å². The second kappa shape index (κ2) is 5.27. The first kappa shape index (κ1) is 12.0. The highest BCUT2D eigenvalue weighted by Crippen LogP contribution is 2.13. The molecule has 1 aromatic carbocycles. The van der Waals surface area contributed by atoms with E-state index in [9.17, 15) is 14.3 Å². The number of nitrogens with one attached hydrogen (secondary N) is 1. The van der Waals surface area contributed by atoms with Crippen LogP contribution in [0.4, 0.5) is 4.39 Å². The van der Waals surface area contributed by atoms with Crippen LogP contribution in [0.3, 0.4) is 0 Å². The Morgan fingerprint density at radius 1 is 1.39 bits per heavy atom. The van der Waals surface area contributed by atoms with Gasteiger partial charge in [-0.3, -0.25) is 9.78 Å². The summed E-state index contributed by atoms with van der Waals surface area (Å²) >= 11 is 0. The molecule has 2 aromatic rings. The fourth-order valence-corrected chi connectivity index (χ4v) is 1.50. The number of carbonyl (C=O) groups excluding carboxylic acids is 1. The number of halogens is 1. The molecule has 18 heavy (non-hydrogen) atoms. The molecule has 0 aliphatic carbocycles. The summed E-state index contributed by atoms with van der Waals surface area (Å²) in [4.78, 5) is 15.4. The molecule has 0 aliphatic heterocycles. The predicted octanol–water partition coefficient (Wildman–Crippen LogP) is 1.86. The van der Waals surface area contributed by atoms with Crippen LogP contribution in [0.1, 0.15) is 15.9 Å². The third-order valence-corrected chi connectivity index (χ3v) is 2.39. The maximum absolute atomic E-state index is 12.9. The summed E-state index contributed by atoms with van der Waals surface area (Å²) in [6.07, 6.45) is 2.61. The number of hydrogen-bond acceptors (Lipinski definition) is 3. The van der Waals surface area contributed by atoms with E-state index in [2.05, 4.69) is 10.3 Å². The Morgan fingerprint density at radius 3 is 2.94 bits per heavy atom. The topological polar surface area (TPSA) is 62.2 Å². The highest BCUT2D eigenvalue weighted by Gasteiger charge is 2.09. The smallest absolute Gasteiger partial charge is 0.255 e. The third-order valence-electron chi connectivity index (χ3n) is 2.39. The number of hydrogen-bond donors (Lipinski definition) is 2. The predicted molar refractivity (Wildman–Crippen MR) is 63.5 cm³/mol. The van der Waals surface area contributed by atoms with Crippen LogP contribution in [0, 0.1) is 5.82 Å². The molecule has 0 bridgehead atoms. The lowest BCUT2D eigenvalue weighted by Gasteiger charge is -2.06. The maximum Gasteiger partial charge on any atom is 0.255 e. The molecule has 0 saturated heterocycles. The Balaban J connectivity index is 2.03. The molecule has 4 nitrogen and oxygen atoms in total. The van der Waals surface area contributed by atoms with E-state index < -0.39 is 5.91 Å². The van der Waals surface area contributed by atoms with Gasteiger partial charge in [-0.1, -0.05) is 12.1 Å². The van der Waals surface area contributed by atoms with Crippen molar-refractivity contribution in [3.8, 4) is 5.75 Å². The molecule has 2 rings (SSSR count). The van der Waals surface area contributed by atoms with Gasteiger partial charge in [-0.05, 0) is 23.8 Å². The van der Waals surface area contributed by atoms with Crippen LogP contribution >= 0.6 is 0 Å². The van der Waals surface area contributed by atoms with Crippen molar-refractivity contribution in [2.45, 2.75) is 6.54 Å². The quantitative estimate of drug-likeness (QED) is 0.868. The third kappa shape index (κ3) is 2.82. The second-order valence-electron chi connectivity index (χ2n) is 3.71. The number of aromatic hydroxyl groups is 1. The molecule has 0 fully saturated rings. The molecule has 0 aliphatic rings. The first-order valence-electron chi connectivity index (χ1n) is 5.32. The molecule has 1 aromatic heterocycles. The van der Waals surface area contributed by atoms with E-state index in [0.29, 0.717) is 5.56 Å². The largest absolute Gasteiger partial charge is 0.505 e. The average molecular weight is 246 g/mol. The summed E-state index contributed by atoms with van der Waals surface area (Å²) in [5.41, 5.74) is 0.790. The van der Waals surface area contributed by atoms with Gasteiger partial charge >= 0.3 is 0 Å². The van der Waals surface area contributed by atoms with Gasteiger partial charge in [-0.2, -0.15) is 0 Å². The summed E-state index contributed by atoms with van der Waals surface area (Å²) in [6.45, 7) is 0.193. The molecule has 1 heterocycles. The second-order valence-corrected chi connectivity index (χ2v) is 3.71. The number of rotatable bonds is 3. The van der Waals surface area contributed by atoms with Gasteiger partial charge in [-0.15, -0.1) is 0 Å². The van der Waals surface area contributed by atoms with Crippen molar-refractivity contribution < 1.29 is 14.3 Å². The van der Waals surface area contributed by atoms with E-state index in [4.69, 9.17) is 0 Å². The zero-order chi connectivity index (χ0) is 13.0. The van der Waals surface area contributed by atoms with Crippen molar-refractivity contribution in [3.05, 3.63) is 59.7 Å². The first-order valence-corrected chi connectivity index (χ1v) is 5.32. The van der Waals surface area contributed by atoms with Gasteiger partial charge < -0.3 is 10.4 Å². The van der Waals surface area contributed by atoms with E-state index in [1.165, 1.54) is 30.6 Å². The monoisotopic (exact) mass is 246 g/mol. The van der Waals surface area contributed by atoms with Crippen molar-refractivity contribution in [2.75, 3.05) is 0 Å². The summed E-state index contributed by atoms with van der Waals surface area (Å²) in [5, 5.41) is 12.0. The van der Waals surface area contributed by atoms with E-state index in [0.717, 1.165) is 0 Å². The summed E-state index contributed by atoms with van der Waals surface area (Å²) in [6, 6.07) is 7.36. The highest BCUT2D eigenvalue weighted by molar-refractivity contribution is 5.96. The lowest BCUT2D eigenvalue weighted by atomic mass is 10.2. The minimum atomic E-state index is -0.431. The zero-order valence-corrected chi connectivity index (χ0v) is 9.43. The van der Waals surface area contributed by atoms with Gasteiger partial charge in [0, 0.05) is 12.7 Å². The molecule has 2 N–H and O–H groups in total. The summed E-state index contributed by atoms with van der Waals surface area (Å²) < 4.78 is 12.9. The van der Waals surface area contributed by atoms with Crippen LogP contribution in [0.5, 0.6) is 5.75 Å². The van der Waals surface area contributed by atoms with Crippen LogP contribution in [-0.2, 0) is 6.54 Å². The molecule has 0 unspecified atom stereocenters. The standard InChI is InChI=1S/C13H11FN2O2/c14-10-3-1-2-9(6-10)7-16-13(18)11-4-5-15-8-12(11)17/h1-6,8,17H,7H2,(H,16,18).